The smallest absolute Gasteiger partial charge is 0.307 e. The van der Waals surface area contributed by atoms with Crippen LogP contribution in [0.15, 0.2) is 29.6 Å². The summed E-state index contributed by atoms with van der Waals surface area (Å²) in [6, 6.07) is 7.51. The van der Waals surface area contributed by atoms with Gasteiger partial charge in [-0.25, -0.2) is 4.98 Å². The molecule has 0 bridgehead atoms. The molecule has 1 aliphatic heterocycles. The Bertz CT molecular complexity index is 963. The number of thiazole rings is 1. The number of ether oxygens (including phenoxy) is 3. The molecule has 0 radical (unpaired) electrons. The normalized spacial score (nSPS) is 16.6. The number of rotatable bonds is 8. The first-order valence-corrected chi connectivity index (χ1v) is 11.1. The third-order valence-electron chi connectivity index (χ3n) is 5.09. The second-order valence-corrected chi connectivity index (χ2v) is 8.45. The van der Waals surface area contributed by atoms with E-state index in [1.165, 1.54) is 23.3 Å². The van der Waals surface area contributed by atoms with E-state index in [-0.39, 0.29) is 44.4 Å². The van der Waals surface area contributed by atoms with E-state index in [0.717, 1.165) is 16.3 Å². The van der Waals surface area contributed by atoms with Crippen molar-refractivity contribution in [2.45, 2.75) is 26.1 Å². The Morgan fingerprint density at radius 2 is 2.06 bits per heavy atom. The molecule has 1 aromatic carbocycles. The van der Waals surface area contributed by atoms with Crippen molar-refractivity contribution in [3.8, 4) is 5.75 Å². The van der Waals surface area contributed by atoms with E-state index in [1.54, 1.807) is 17.4 Å². The first-order chi connectivity index (χ1) is 15.4. The van der Waals surface area contributed by atoms with Crippen molar-refractivity contribution in [1.82, 2.24) is 14.8 Å². The van der Waals surface area contributed by atoms with Crippen LogP contribution in [-0.4, -0.2) is 79.1 Å². The Labute approximate surface area is 190 Å². The molecule has 1 unspecified atom stereocenters. The van der Waals surface area contributed by atoms with Gasteiger partial charge in [0.05, 0.1) is 38.4 Å². The van der Waals surface area contributed by atoms with E-state index in [1.807, 2.05) is 31.2 Å². The number of hydrogen-bond acceptors (Lipinski definition) is 8. The number of methoxy groups -OCH3 is 2. The molecule has 1 fully saturated rings. The fourth-order valence-corrected chi connectivity index (χ4v) is 3.97. The molecule has 1 atom stereocenters. The molecular formula is C22H27N3O6S. The lowest BCUT2D eigenvalue weighted by Gasteiger charge is -2.24. The van der Waals surface area contributed by atoms with Gasteiger partial charge in [-0.1, -0.05) is 12.1 Å². The van der Waals surface area contributed by atoms with Crippen LogP contribution in [0.5, 0.6) is 5.75 Å². The lowest BCUT2D eigenvalue weighted by atomic mass is 10.2. The average molecular weight is 462 g/mol. The van der Waals surface area contributed by atoms with E-state index in [2.05, 4.69) is 9.72 Å². The zero-order chi connectivity index (χ0) is 23.1. The van der Waals surface area contributed by atoms with Crippen molar-refractivity contribution < 1.29 is 28.6 Å². The summed E-state index contributed by atoms with van der Waals surface area (Å²) in [6.45, 7) is 2.71. The van der Waals surface area contributed by atoms with E-state index in [0.29, 0.717) is 12.3 Å². The molecule has 0 saturated carbocycles. The van der Waals surface area contributed by atoms with Crippen LogP contribution in [0.3, 0.4) is 0 Å². The van der Waals surface area contributed by atoms with Crippen LogP contribution >= 0.6 is 11.3 Å². The number of benzene rings is 1. The van der Waals surface area contributed by atoms with Gasteiger partial charge >= 0.3 is 5.97 Å². The molecule has 1 aromatic heterocycles. The predicted molar refractivity (Wildman–Crippen MR) is 118 cm³/mol. The SMILES string of the molecule is COC(=O)CCN1CC(OCc2cccc(OC)c2)CN(C(=O)c2csc(C)n2)CC1=O. The molecule has 172 valence electrons. The molecule has 1 saturated heterocycles. The quantitative estimate of drug-likeness (QED) is 0.554. The molecule has 0 spiro atoms. The van der Waals surface area contributed by atoms with Gasteiger partial charge in [-0.15, -0.1) is 11.3 Å². The maximum Gasteiger partial charge on any atom is 0.307 e. The summed E-state index contributed by atoms with van der Waals surface area (Å²) in [7, 11) is 2.91. The van der Waals surface area contributed by atoms with E-state index in [4.69, 9.17) is 9.47 Å². The van der Waals surface area contributed by atoms with E-state index >= 15 is 0 Å². The molecule has 32 heavy (non-hydrogen) atoms. The summed E-state index contributed by atoms with van der Waals surface area (Å²) >= 11 is 1.38. The van der Waals surface area contributed by atoms with Crippen molar-refractivity contribution in [2.24, 2.45) is 0 Å². The van der Waals surface area contributed by atoms with Crippen molar-refractivity contribution in [2.75, 3.05) is 40.4 Å². The standard InChI is InChI=1S/C22H27N3O6S/c1-15-23-19(14-32-15)22(28)25-11-18(31-13-16-5-4-6-17(9-16)29-2)10-24(20(26)12-25)8-7-21(27)30-3/h4-6,9,14,18H,7-8,10-13H2,1-3H3. The van der Waals surface area contributed by atoms with Gasteiger partial charge in [0.2, 0.25) is 5.91 Å². The molecule has 2 aromatic rings. The van der Waals surface area contributed by atoms with Gasteiger partial charge < -0.3 is 24.0 Å². The van der Waals surface area contributed by atoms with Crippen molar-refractivity contribution in [3.05, 3.63) is 45.9 Å². The summed E-state index contributed by atoms with van der Waals surface area (Å²) in [5.41, 5.74) is 1.23. The van der Waals surface area contributed by atoms with E-state index < -0.39 is 12.1 Å². The Balaban J connectivity index is 1.75. The lowest BCUT2D eigenvalue weighted by molar-refractivity contribution is -0.142. The zero-order valence-electron chi connectivity index (χ0n) is 18.4. The molecular weight excluding hydrogens is 434 g/mol. The van der Waals surface area contributed by atoms with Crippen molar-refractivity contribution in [3.63, 3.8) is 0 Å². The summed E-state index contributed by atoms with van der Waals surface area (Å²) in [5.74, 6) is -0.242. The summed E-state index contributed by atoms with van der Waals surface area (Å²) in [6.07, 6.45) is -0.363. The number of amides is 2. The topological polar surface area (TPSA) is 98.3 Å². The predicted octanol–water partition coefficient (Wildman–Crippen LogP) is 1.89. The highest BCUT2D eigenvalue weighted by Gasteiger charge is 2.32. The second kappa shape index (κ2) is 11.1. The monoisotopic (exact) mass is 461 g/mol. The summed E-state index contributed by atoms with van der Waals surface area (Å²) < 4.78 is 16.0. The molecule has 2 heterocycles. The minimum Gasteiger partial charge on any atom is -0.497 e. The molecule has 10 heteroatoms. The highest BCUT2D eigenvalue weighted by Crippen LogP contribution is 2.18. The number of esters is 1. The Morgan fingerprint density at radius 1 is 1.25 bits per heavy atom. The minimum absolute atomic E-state index is 0.0735. The fourth-order valence-electron chi connectivity index (χ4n) is 3.38. The Kier molecular flexibility index (Phi) is 8.18. The Morgan fingerprint density at radius 3 is 2.75 bits per heavy atom. The summed E-state index contributed by atoms with van der Waals surface area (Å²) in [4.78, 5) is 44.7. The number of nitrogens with zero attached hydrogens (tertiary/aromatic N) is 3. The van der Waals surface area contributed by atoms with Crippen LogP contribution in [0.4, 0.5) is 0 Å². The van der Waals surface area contributed by atoms with Gasteiger partial charge in [-0.2, -0.15) is 0 Å². The largest absolute Gasteiger partial charge is 0.497 e. The van der Waals surface area contributed by atoms with Crippen LogP contribution in [0.25, 0.3) is 0 Å². The maximum absolute atomic E-state index is 13.0. The molecule has 9 nitrogen and oxygen atoms in total. The molecule has 1 aliphatic rings. The van der Waals surface area contributed by atoms with Crippen LogP contribution in [0.1, 0.15) is 27.5 Å². The van der Waals surface area contributed by atoms with Gasteiger partial charge in [-0.3, -0.25) is 14.4 Å². The summed E-state index contributed by atoms with van der Waals surface area (Å²) in [5, 5.41) is 2.47. The average Bonchev–Trinajstić information content (AvgIpc) is 3.17. The van der Waals surface area contributed by atoms with E-state index in [9.17, 15) is 14.4 Å². The highest BCUT2D eigenvalue weighted by molar-refractivity contribution is 7.09. The molecule has 2 amide bonds. The molecule has 0 N–H and O–H groups in total. The number of aromatic nitrogens is 1. The minimum atomic E-state index is -0.436. The number of carbonyl (C=O) groups excluding carboxylic acids is 3. The number of carbonyl (C=O) groups is 3. The second-order valence-electron chi connectivity index (χ2n) is 7.39. The lowest BCUT2D eigenvalue weighted by Crippen LogP contribution is -2.40. The van der Waals surface area contributed by atoms with Crippen LogP contribution in [0.2, 0.25) is 0 Å². The first-order valence-electron chi connectivity index (χ1n) is 10.2. The van der Waals surface area contributed by atoms with Gasteiger partial charge in [0, 0.05) is 25.0 Å². The third kappa shape index (κ3) is 6.27. The van der Waals surface area contributed by atoms with Gasteiger partial charge in [-0.05, 0) is 24.6 Å². The molecule has 0 aliphatic carbocycles. The maximum atomic E-state index is 13.0. The first kappa shape index (κ1) is 23.7. The van der Waals surface area contributed by atoms with Crippen molar-refractivity contribution in [1.29, 1.82) is 0 Å². The van der Waals surface area contributed by atoms with Crippen LogP contribution < -0.4 is 4.74 Å². The third-order valence-corrected chi connectivity index (χ3v) is 5.86. The van der Waals surface area contributed by atoms with Crippen molar-refractivity contribution >= 4 is 29.1 Å². The fraction of sp³-hybridized carbons (Fsp3) is 0.455. The Hall–Kier alpha value is -2.98. The van der Waals surface area contributed by atoms with Gasteiger partial charge in [0.15, 0.2) is 0 Å². The number of hydrogen-bond donors (Lipinski definition) is 0. The van der Waals surface area contributed by atoms with Crippen LogP contribution in [0, 0.1) is 6.92 Å². The van der Waals surface area contributed by atoms with Crippen LogP contribution in [-0.2, 0) is 25.7 Å². The molecule has 3 rings (SSSR count). The van der Waals surface area contributed by atoms with Gasteiger partial charge in [0.25, 0.3) is 5.91 Å². The highest BCUT2D eigenvalue weighted by atomic mass is 32.1. The van der Waals surface area contributed by atoms with Gasteiger partial charge in [0.1, 0.15) is 18.0 Å². The number of aryl methyl sites for hydroxylation is 1. The zero-order valence-corrected chi connectivity index (χ0v) is 19.2.